The fourth-order valence-electron chi connectivity index (χ4n) is 1.65. The van der Waals surface area contributed by atoms with E-state index in [1.54, 1.807) is 6.07 Å². The molecule has 0 amide bonds. The highest BCUT2D eigenvalue weighted by molar-refractivity contribution is 7.91. The van der Waals surface area contributed by atoms with E-state index in [0.717, 1.165) is 11.3 Å². The highest BCUT2D eigenvalue weighted by Gasteiger charge is 2.34. The predicted octanol–water partition coefficient (Wildman–Crippen LogP) is 0.783. The Hall–Kier alpha value is -0.180. The van der Waals surface area contributed by atoms with Gasteiger partial charge in [-0.15, -0.1) is 11.3 Å². The van der Waals surface area contributed by atoms with Gasteiger partial charge >= 0.3 is 0 Å². The molecule has 96 valence electrons. The van der Waals surface area contributed by atoms with E-state index >= 15 is 0 Å². The fraction of sp³-hybridized carbons (Fsp3) is 0.556. The monoisotopic (exact) mass is 297 g/mol. The first-order valence-electron chi connectivity index (χ1n) is 5.01. The Morgan fingerprint density at radius 1 is 1.59 bits per heavy atom. The van der Waals surface area contributed by atoms with E-state index in [-0.39, 0.29) is 24.0 Å². The largest absolute Gasteiger partial charge is 0.395 e. The molecule has 1 atom stereocenters. The molecule has 0 radical (unpaired) electrons. The Balaban J connectivity index is 2.30. The van der Waals surface area contributed by atoms with E-state index in [9.17, 15) is 8.42 Å². The summed E-state index contributed by atoms with van der Waals surface area (Å²) in [6.07, 6.45) is 0. The van der Waals surface area contributed by atoms with Crippen LogP contribution in [-0.2, 0) is 14.8 Å². The summed E-state index contributed by atoms with van der Waals surface area (Å²) in [6.45, 7) is 0.561. The maximum Gasteiger partial charge on any atom is 0.253 e. The van der Waals surface area contributed by atoms with Crippen molar-refractivity contribution in [3.63, 3.8) is 0 Å². The van der Waals surface area contributed by atoms with Crippen LogP contribution in [0.3, 0.4) is 0 Å². The predicted molar refractivity (Wildman–Crippen MR) is 64.9 cm³/mol. The van der Waals surface area contributed by atoms with Crippen molar-refractivity contribution in [3.05, 3.63) is 16.5 Å². The molecule has 1 fully saturated rings. The number of sulfonamides is 1. The lowest BCUT2D eigenvalue weighted by Gasteiger charge is -2.32. The van der Waals surface area contributed by atoms with Crippen LogP contribution in [0.4, 0.5) is 0 Å². The van der Waals surface area contributed by atoms with E-state index in [4.69, 9.17) is 21.4 Å². The van der Waals surface area contributed by atoms with Crippen LogP contribution in [0.2, 0.25) is 4.34 Å². The minimum absolute atomic E-state index is 0.197. The number of aliphatic hydroxyl groups excluding tert-OH is 1. The van der Waals surface area contributed by atoms with Crippen LogP contribution >= 0.6 is 22.9 Å². The first-order chi connectivity index (χ1) is 8.05. The van der Waals surface area contributed by atoms with Crippen LogP contribution in [-0.4, -0.2) is 50.2 Å². The molecule has 2 rings (SSSR count). The standard InChI is InChI=1S/C9H12ClNO4S2/c10-8-1-2-9(16-8)17(13,14)11-3-4-15-6-7(11)5-12/h1-2,7,12H,3-6H2. The summed E-state index contributed by atoms with van der Waals surface area (Å²) in [4.78, 5) is 0. The van der Waals surface area contributed by atoms with Crippen molar-refractivity contribution < 1.29 is 18.3 Å². The SMILES string of the molecule is O=S(=O)(c1ccc(Cl)s1)N1CCOCC1CO. The summed E-state index contributed by atoms with van der Waals surface area (Å²) in [5, 5.41) is 9.17. The zero-order valence-electron chi connectivity index (χ0n) is 8.87. The number of halogens is 1. The van der Waals surface area contributed by atoms with Gasteiger partial charge in [0.15, 0.2) is 0 Å². The number of thiophene rings is 1. The summed E-state index contributed by atoms with van der Waals surface area (Å²) in [5.74, 6) is 0. The van der Waals surface area contributed by atoms with Crippen molar-refractivity contribution in [2.45, 2.75) is 10.3 Å². The highest BCUT2D eigenvalue weighted by Crippen LogP contribution is 2.29. The second-order valence-corrected chi connectivity index (χ2v) is 7.42. The van der Waals surface area contributed by atoms with Gasteiger partial charge in [-0.2, -0.15) is 4.31 Å². The minimum atomic E-state index is -3.58. The van der Waals surface area contributed by atoms with Crippen molar-refractivity contribution in [2.24, 2.45) is 0 Å². The Kier molecular flexibility index (Phi) is 4.06. The van der Waals surface area contributed by atoms with Crippen molar-refractivity contribution in [1.82, 2.24) is 4.31 Å². The van der Waals surface area contributed by atoms with Gasteiger partial charge in [0.05, 0.1) is 30.2 Å². The maximum absolute atomic E-state index is 12.3. The Bertz CT molecular complexity index is 487. The third-order valence-electron chi connectivity index (χ3n) is 2.50. The molecule has 0 bridgehead atoms. The Morgan fingerprint density at radius 3 is 2.94 bits per heavy atom. The summed E-state index contributed by atoms with van der Waals surface area (Å²) >= 11 is 6.75. The number of aliphatic hydroxyl groups is 1. The summed E-state index contributed by atoms with van der Waals surface area (Å²) in [6, 6.07) is 2.51. The number of morpholine rings is 1. The molecule has 0 aliphatic carbocycles. The molecule has 2 heterocycles. The van der Waals surface area contributed by atoms with Crippen LogP contribution in [0, 0.1) is 0 Å². The number of rotatable bonds is 3. The third kappa shape index (κ3) is 2.64. The molecule has 0 saturated carbocycles. The highest BCUT2D eigenvalue weighted by atomic mass is 35.5. The molecule has 1 N–H and O–H groups in total. The normalized spacial score (nSPS) is 22.8. The number of nitrogens with zero attached hydrogens (tertiary/aromatic N) is 1. The van der Waals surface area contributed by atoms with Crippen LogP contribution in [0.1, 0.15) is 0 Å². The molecule has 1 aliphatic rings. The smallest absolute Gasteiger partial charge is 0.253 e. The summed E-state index contributed by atoms with van der Waals surface area (Å²) < 4.78 is 31.6. The molecule has 5 nitrogen and oxygen atoms in total. The average molecular weight is 298 g/mol. The van der Waals surface area contributed by atoms with Gasteiger partial charge in [-0.3, -0.25) is 0 Å². The van der Waals surface area contributed by atoms with Gasteiger partial charge in [-0.25, -0.2) is 8.42 Å². The molecule has 17 heavy (non-hydrogen) atoms. The fourth-order valence-corrected chi connectivity index (χ4v) is 4.85. The topological polar surface area (TPSA) is 66.8 Å². The Morgan fingerprint density at radius 2 is 2.35 bits per heavy atom. The first kappa shape index (κ1) is 13.3. The van der Waals surface area contributed by atoms with Gasteiger partial charge in [0, 0.05) is 6.54 Å². The molecule has 1 aromatic heterocycles. The summed E-state index contributed by atoms with van der Waals surface area (Å²) in [7, 11) is -3.58. The number of hydrogen-bond acceptors (Lipinski definition) is 5. The molecular formula is C9H12ClNO4S2. The van der Waals surface area contributed by atoms with Gasteiger partial charge in [0.1, 0.15) is 4.21 Å². The van der Waals surface area contributed by atoms with Gasteiger partial charge in [-0.1, -0.05) is 11.6 Å². The van der Waals surface area contributed by atoms with Gasteiger partial charge in [-0.05, 0) is 12.1 Å². The van der Waals surface area contributed by atoms with E-state index in [1.807, 2.05) is 0 Å². The molecule has 8 heteroatoms. The number of hydrogen-bond donors (Lipinski definition) is 1. The number of ether oxygens (including phenoxy) is 1. The molecule has 0 aromatic carbocycles. The second-order valence-electron chi connectivity index (χ2n) is 3.59. The average Bonchev–Trinajstić information content (AvgIpc) is 2.76. The lowest BCUT2D eigenvalue weighted by atomic mass is 10.3. The van der Waals surface area contributed by atoms with Crippen LogP contribution in [0.15, 0.2) is 16.3 Å². The first-order valence-corrected chi connectivity index (χ1v) is 7.65. The Labute approximate surface area is 109 Å². The van der Waals surface area contributed by atoms with E-state index in [0.29, 0.717) is 10.9 Å². The lowest BCUT2D eigenvalue weighted by molar-refractivity contribution is 0.0110. The molecule has 1 unspecified atom stereocenters. The van der Waals surface area contributed by atoms with E-state index in [2.05, 4.69) is 0 Å². The quantitative estimate of drug-likeness (QED) is 0.895. The van der Waals surface area contributed by atoms with Gasteiger partial charge in [0.2, 0.25) is 0 Å². The van der Waals surface area contributed by atoms with Crippen LogP contribution in [0.5, 0.6) is 0 Å². The second kappa shape index (κ2) is 5.21. The molecular weight excluding hydrogens is 286 g/mol. The van der Waals surface area contributed by atoms with E-state index < -0.39 is 16.1 Å². The molecule has 1 saturated heterocycles. The van der Waals surface area contributed by atoms with Gasteiger partial charge in [0.25, 0.3) is 10.0 Å². The summed E-state index contributed by atoms with van der Waals surface area (Å²) in [5.41, 5.74) is 0. The lowest BCUT2D eigenvalue weighted by Crippen LogP contribution is -2.50. The molecule has 0 spiro atoms. The van der Waals surface area contributed by atoms with Crippen molar-refractivity contribution in [2.75, 3.05) is 26.4 Å². The van der Waals surface area contributed by atoms with E-state index in [1.165, 1.54) is 10.4 Å². The van der Waals surface area contributed by atoms with Crippen molar-refractivity contribution in [3.8, 4) is 0 Å². The van der Waals surface area contributed by atoms with Gasteiger partial charge < -0.3 is 9.84 Å². The van der Waals surface area contributed by atoms with Crippen LogP contribution < -0.4 is 0 Å². The molecule has 1 aromatic rings. The van der Waals surface area contributed by atoms with Crippen molar-refractivity contribution >= 4 is 33.0 Å². The third-order valence-corrected chi connectivity index (χ3v) is 6.15. The van der Waals surface area contributed by atoms with Crippen molar-refractivity contribution in [1.29, 1.82) is 0 Å². The zero-order chi connectivity index (χ0) is 12.5. The van der Waals surface area contributed by atoms with Crippen LogP contribution in [0.25, 0.3) is 0 Å². The minimum Gasteiger partial charge on any atom is -0.395 e. The molecule has 1 aliphatic heterocycles. The maximum atomic E-state index is 12.3. The zero-order valence-corrected chi connectivity index (χ0v) is 11.3.